The smallest absolute Gasteiger partial charge is 0.240 e. The first-order chi connectivity index (χ1) is 15.6. The minimum absolute atomic E-state index is 0.498. The Bertz CT molecular complexity index is 919. The van der Waals surface area contributed by atoms with Crippen LogP contribution in [0.4, 0.5) is 0 Å². The van der Waals surface area contributed by atoms with Crippen molar-refractivity contribution in [2.24, 2.45) is 0 Å². The zero-order valence-electron chi connectivity index (χ0n) is 18.1. The van der Waals surface area contributed by atoms with E-state index in [0.717, 1.165) is 12.6 Å². The van der Waals surface area contributed by atoms with Crippen molar-refractivity contribution in [3.05, 3.63) is 83.9 Å². The molecule has 32 heavy (non-hydrogen) atoms. The summed E-state index contributed by atoms with van der Waals surface area (Å²) in [6, 6.07) is 21.0. The van der Waals surface area contributed by atoms with Crippen LogP contribution >= 0.6 is 0 Å². The van der Waals surface area contributed by atoms with Gasteiger partial charge in [0.1, 0.15) is 35.6 Å². The number of aldehydes is 2. The summed E-state index contributed by atoms with van der Waals surface area (Å²) >= 11 is 0. The number of ether oxygens (including phenoxy) is 4. The van der Waals surface area contributed by atoms with Crippen molar-refractivity contribution >= 4 is 12.6 Å². The number of carbonyl (C=O) groups is 2. The van der Waals surface area contributed by atoms with Gasteiger partial charge in [0.25, 0.3) is 0 Å². The molecule has 0 amide bonds. The highest BCUT2D eigenvalue weighted by Gasteiger charge is 2.13. The summed E-state index contributed by atoms with van der Waals surface area (Å²) in [5.41, 5.74) is 1.17. The number of hydrogen-bond donors (Lipinski definition) is 0. The Kier molecular flexibility index (Phi) is 8.26. The Hall–Kier alpha value is -3.80. The molecule has 0 saturated carbocycles. The van der Waals surface area contributed by atoms with E-state index < -0.39 is 12.6 Å². The predicted octanol–water partition coefficient (Wildman–Crippen LogP) is 5.70. The van der Waals surface area contributed by atoms with E-state index >= 15 is 0 Å². The van der Waals surface area contributed by atoms with Gasteiger partial charge in [-0.3, -0.25) is 9.59 Å². The van der Waals surface area contributed by atoms with Crippen molar-refractivity contribution in [2.45, 2.75) is 39.3 Å². The summed E-state index contributed by atoms with van der Waals surface area (Å²) in [6.07, 6.45) is 1.83. The summed E-state index contributed by atoms with van der Waals surface area (Å²) in [5.74, 6) is 2.44. The Morgan fingerprint density at radius 1 is 0.594 bits per heavy atom. The number of hydrogen-bond acceptors (Lipinski definition) is 6. The van der Waals surface area contributed by atoms with Crippen molar-refractivity contribution in [3.63, 3.8) is 0 Å². The molecule has 0 saturated heterocycles. The minimum Gasteiger partial charge on any atom is -0.455 e. The monoisotopic (exact) mass is 434 g/mol. The van der Waals surface area contributed by atoms with E-state index in [4.69, 9.17) is 18.9 Å². The Labute approximate surface area is 187 Å². The van der Waals surface area contributed by atoms with Crippen LogP contribution in [0.3, 0.4) is 0 Å². The highest BCUT2D eigenvalue weighted by molar-refractivity contribution is 5.75. The lowest BCUT2D eigenvalue weighted by molar-refractivity contribution is -0.00198. The minimum atomic E-state index is -0.498. The second-order valence-corrected chi connectivity index (χ2v) is 7.00. The quantitative estimate of drug-likeness (QED) is 0.269. The summed E-state index contributed by atoms with van der Waals surface area (Å²) in [7, 11) is 0. The van der Waals surface area contributed by atoms with Crippen molar-refractivity contribution in [3.8, 4) is 23.0 Å². The number of benzene rings is 3. The molecule has 0 heterocycles. The topological polar surface area (TPSA) is 71.1 Å². The fourth-order valence-corrected chi connectivity index (χ4v) is 2.86. The first-order valence-electron chi connectivity index (χ1n) is 10.5. The van der Waals surface area contributed by atoms with E-state index in [1.54, 1.807) is 54.6 Å². The Morgan fingerprint density at radius 3 is 1.31 bits per heavy atom. The lowest BCUT2D eigenvalue weighted by Gasteiger charge is -2.21. The molecule has 3 rings (SSSR count). The van der Waals surface area contributed by atoms with E-state index in [0.29, 0.717) is 47.0 Å². The van der Waals surface area contributed by atoms with Gasteiger partial charge in [-0.2, -0.15) is 0 Å². The van der Waals surface area contributed by atoms with Gasteiger partial charge in [-0.15, -0.1) is 0 Å². The maximum Gasteiger partial charge on any atom is 0.240 e. The van der Waals surface area contributed by atoms with Crippen LogP contribution in [0.1, 0.15) is 47.4 Å². The first kappa shape index (κ1) is 22.9. The second kappa shape index (κ2) is 11.6. The maximum atomic E-state index is 10.8. The first-order valence-corrected chi connectivity index (χ1v) is 10.5. The van der Waals surface area contributed by atoms with E-state index in [1.807, 2.05) is 32.0 Å². The molecule has 166 valence electrons. The second-order valence-electron chi connectivity index (χ2n) is 7.00. The number of carbonyl (C=O) groups excluding carboxylic acids is 2. The predicted molar refractivity (Wildman–Crippen MR) is 121 cm³/mol. The molecule has 0 radical (unpaired) electrons. The van der Waals surface area contributed by atoms with Gasteiger partial charge in [-0.05, 0) is 60.7 Å². The van der Waals surface area contributed by atoms with E-state index in [2.05, 4.69) is 0 Å². The molecule has 2 unspecified atom stereocenters. The van der Waals surface area contributed by atoms with Gasteiger partial charge < -0.3 is 18.9 Å². The van der Waals surface area contributed by atoms with Crippen LogP contribution in [0.25, 0.3) is 0 Å². The molecule has 3 aromatic rings. The molecular formula is C26H26O6. The van der Waals surface area contributed by atoms with Crippen molar-refractivity contribution in [2.75, 3.05) is 0 Å². The van der Waals surface area contributed by atoms with Gasteiger partial charge in [0.2, 0.25) is 12.6 Å². The fourth-order valence-electron chi connectivity index (χ4n) is 2.86. The molecule has 0 N–H and O–H groups in total. The molecule has 2 atom stereocenters. The van der Waals surface area contributed by atoms with Crippen LogP contribution < -0.4 is 18.9 Å². The van der Waals surface area contributed by atoms with E-state index in [-0.39, 0.29) is 0 Å². The molecule has 0 aromatic heterocycles. The van der Waals surface area contributed by atoms with Crippen molar-refractivity contribution in [1.29, 1.82) is 0 Å². The van der Waals surface area contributed by atoms with Crippen molar-refractivity contribution in [1.82, 2.24) is 0 Å². The fraction of sp³-hybridized carbons (Fsp3) is 0.231. The Morgan fingerprint density at radius 2 is 0.969 bits per heavy atom. The van der Waals surface area contributed by atoms with Gasteiger partial charge in [0.05, 0.1) is 0 Å². The van der Waals surface area contributed by atoms with Crippen LogP contribution in [0.2, 0.25) is 0 Å². The Balaban J connectivity index is 1.61. The standard InChI is InChI=1S/C26H26O6/c1-3-25(29-21-12-8-19(17-27)9-13-21)31-23-6-5-7-24(16-23)32-26(4-2)30-22-14-10-20(18-28)11-15-22/h5-18,25-26H,3-4H2,1-2H3. The average Bonchev–Trinajstić information content (AvgIpc) is 2.84. The zero-order chi connectivity index (χ0) is 22.8. The molecule has 6 nitrogen and oxygen atoms in total. The third kappa shape index (κ3) is 6.60. The molecule has 3 aromatic carbocycles. The molecule has 0 bridgehead atoms. The third-order valence-electron chi connectivity index (χ3n) is 4.57. The molecule has 0 aliphatic heterocycles. The molecule has 0 fully saturated rings. The molecule has 6 heteroatoms. The normalized spacial score (nSPS) is 12.3. The molecule has 0 aliphatic carbocycles. The van der Waals surface area contributed by atoms with Crippen LogP contribution in [0.5, 0.6) is 23.0 Å². The summed E-state index contributed by atoms with van der Waals surface area (Å²) in [6.45, 7) is 3.92. The summed E-state index contributed by atoms with van der Waals surface area (Å²) < 4.78 is 23.7. The lowest BCUT2D eigenvalue weighted by atomic mass is 10.2. The maximum absolute atomic E-state index is 10.8. The van der Waals surface area contributed by atoms with Gasteiger partial charge in [0.15, 0.2) is 0 Å². The van der Waals surface area contributed by atoms with Crippen LogP contribution in [0.15, 0.2) is 72.8 Å². The van der Waals surface area contributed by atoms with Crippen LogP contribution in [0, 0.1) is 0 Å². The summed E-state index contributed by atoms with van der Waals surface area (Å²) in [5, 5.41) is 0. The molecule has 0 aliphatic rings. The zero-order valence-corrected chi connectivity index (χ0v) is 18.1. The van der Waals surface area contributed by atoms with Crippen LogP contribution in [-0.2, 0) is 0 Å². The summed E-state index contributed by atoms with van der Waals surface area (Å²) in [4.78, 5) is 21.6. The average molecular weight is 434 g/mol. The third-order valence-corrected chi connectivity index (χ3v) is 4.57. The van der Waals surface area contributed by atoms with Gasteiger partial charge in [0, 0.05) is 30.0 Å². The van der Waals surface area contributed by atoms with Gasteiger partial charge >= 0.3 is 0 Å². The molecule has 0 spiro atoms. The van der Waals surface area contributed by atoms with E-state index in [9.17, 15) is 9.59 Å². The van der Waals surface area contributed by atoms with Crippen LogP contribution in [-0.4, -0.2) is 25.2 Å². The van der Waals surface area contributed by atoms with Gasteiger partial charge in [-0.1, -0.05) is 19.9 Å². The lowest BCUT2D eigenvalue weighted by Crippen LogP contribution is -2.24. The largest absolute Gasteiger partial charge is 0.455 e. The highest BCUT2D eigenvalue weighted by atomic mass is 16.7. The van der Waals surface area contributed by atoms with Gasteiger partial charge in [-0.25, -0.2) is 0 Å². The SMILES string of the molecule is CCC(Oc1ccc(C=O)cc1)Oc1cccc(OC(CC)Oc2ccc(C=O)cc2)c1. The van der Waals surface area contributed by atoms with Crippen molar-refractivity contribution < 1.29 is 28.5 Å². The highest BCUT2D eigenvalue weighted by Crippen LogP contribution is 2.25. The number of rotatable bonds is 12. The molecular weight excluding hydrogens is 408 g/mol. The van der Waals surface area contributed by atoms with E-state index in [1.165, 1.54) is 0 Å².